The summed E-state index contributed by atoms with van der Waals surface area (Å²) in [5.74, 6) is -0.763. The van der Waals surface area contributed by atoms with Crippen LogP contribution in [0.15, 0.2) is 16.5 Å². The maximum absolute atomic E-state index is 12.8. The van der Waals surface area contributed by atoms with Crippen LogP contribution in [-0.4, -0.2) is 18.1 Å². The van der Waals surface area contributed by atoms with Crippen molar-refractivity contribution in [3.63, 3.8) is 0 Å². The summed E-state index contributed by atoms with van der Waals surface area (Å²) in [4.78, 5) is 15.1. The highest BCUT2D eigenvalue weighted by Crippen LogP contribution is 2.36. The van der Waals surface area contributed by atoms with Gasteiger partial charge in [-0.05, 0) is 12.1 Å². The van der Waals surface area contributed by atoms with E-state index in [2.05, 4.69) is 9.72 Å². The summed E-state index contributed by atoms with van der Waals surface area (Å²) < 4.78 is 47.8. The van der Waals surface area contributed by atoms with E-state index in [4.69, 9.17) is 4.42 Å². The maximum atomic E-state index is 12.8. The number of aryl methyl sites for hydroxylation is 1. The number of fused-ring (bicyclic) bond motifs is 1. The second-order valence-corrected chi connectivity index (χ2v) is 3.59. The average Bonchev–Trinajstić information content (AvgIpc) is 2.77. The van der Waals surface area contributed by atoms with E-state index in [1.54, 1.807) is 0 Å². The van der Waals surface area contributed by atoms with Crippen molar-refractivity contribution >= 4 is 17.1 Å². The number of ether oxygens (including phenoxy) is 1. The van der Waals surface area contributed by atoms with E-state index in [0.29, 0.717) is 6.07 Å². The van der Waals surface area contributed by atoms with Crippen molar-refractivity contribution in [2.75, 3.05) is 7.11 Å². The van der Waals surface area contributed by atoms with Crippen molar-refractivity contribution in [2.45, 2.75) is 26.9 Å². The van der Waals surface area contributed by atoms with E-state index in [1.807, 2.05) is 13.8 Å². The summed E-state index contributed by atoms with van der Waals surface area (Å²) >= 11 is 0. The first-order valence-corrected chi connectivity index (χ1v) is 5.89. The second kappa shape index (κ2) is 5.94. The Balaban J connectivity index is 0.000000956. The molecule has 0 bridgehead atoms. The van der Waals surface area contributed by atoms with Crippen LogP contribution < -0.4 is 0 Å². The van der Waals surface area contributed by atoms with Crippen LogP contribution in [0.4, 0.5) is 13.2 Å². The molecule has 20 heavy (non-hydrogen) atoms. The minimum atomic E-state index is -4.63. The number of hydrogen-bond donors (Lipinski definition) is 0. The zero-order chi connectivity index (χ0) is 15.5. The zero-order valence-electron chi connectivity index (χ0n) is 11.5. The molecule has 0 N–H and O–H groups in total. The lowest BCUT2D eigenvalue weighted by Gasteiger charge is -2.08. The van der Waals surface area contributed by atoms with Crippen molar-refractivity contribution in [2.24, 2.45) is 0 Å². The van der Waals surface area contributed by atoms with Crippen LogP contribution >= 0.6 is 0 Å². The van der Waals surface area contributed by atoms with Gasteiger partial charge in [0.15, 0.2) is 11.5 Å². The topological polar surface area (TPSA) is 52.3 Å². The summed E-state index contributed by atoms with van der Waals surface area (Å²) in [6.45, 7) is 5.43. The van der Waals surface area contributed by atoms with E-state index in [9.17, 15) is 18.0 Å². The Morgan fingerprint density at radius 3 is 2.40 bits per heavy atom. The minimum absolute atomic E-state index is 0.0253. The first kappa shape index (κ1) is 16.0. The number of methoxy groups -OCH3 is 1. The van der Waals surface area contributed by atoms with Gasteiger partial charge in [-0.25, -0.2) is 9.78 Å². The lowest BCUT2D eigenvalue weighted by molar-refractivity contribution is -0.136. The van der Waals surface area contributed by atoms with E-state index in [-0.39, 0.29) is 22.6 Å². The van der Waals surface area contributed by atoms with Crippen molar-refractivity contribution in [3.05, 3.63) is 29.2 Å². The minimum Gasteiger partial charge on any atom is -0.465 e. The molecule has 0 aliphatic heterocycles. The number of oxazole rings is 1. The van der Waals surface area contributed by atoms with Crippen LogP contribution in [-0.2, 0) is 10.9 Å². The fourth-order valence-electron chi connectivity index (χ4n) is 1.59. The van der Waals surface area contributed by atoms with Gasteiger partial charge in [0.2, 0.25) is 0 Å². The molecule has 2 rings (SSSR count). The van der Waals surface area contributed by atoms with Gasteiger partial charge in [0.25, 0.3) is 0 Å². The van der Waals surface area contributed by atoms with Crippen LogP contribution in [0.2, 0.25) is 0 Å². The van der Waals surface area contributed by atoms with Gasteiger partial charge >= 0.3 is 12.1 Å². The standard InChI is InChI=1S/C11H8F3NO3.C2H6/c1-5-15-8-4-6(10(16)17-2)3-7(9(8)18-5)11(12,13)14;1-2/h3-4H,1-2H3;1-2H3. The average molecular weight is 289 g/mol. The molecule has 0 atom stereocenters. The highest BCUT2D eigenvalue weighted by atomic mass is 19.4. The molecule has 1 aromatic carbocycles. The third-order valence-corrected chi connectivity index (χ3v) is 2.32. The lowest BCUT2D eigenvalue weighted by Crippen LogP contribution is -2.09. The van der Waals surface area contributed by atoms with Gasteiger partial charge in [-0.3, -0.25) is 0 Å². The zero-order valence-corrected chi connectivity index (χ0v) is 11.5. The second-order valence-electron chi connectivity index (χ2n) is 3.59. The van der Waals surface area contributed by atoms with E-state index in [1.165, 1.54) is 13.0 Å². The van der Waals surface area contributed by atoms with Crippen molar-refractivity contribution in [1.82, 2.24) is 4.98 Å². The predicted molar refractivity (Wildman–Crippen MR) is 66.4 cm³/mol. The number of carbonyl (C=O) groups excluding carboxylic acids is 1. The molecular weight excluding hydrogens is 275 g/mol. The molecule has 0 aliphatic carbocycles. The number of alkyl halides is 3. The number of esters is 1. The Kier molecular flexibility index (Phi) is 4.75. The maximum Gasteiger partial charge on any atom is 0.420 e. The number of carbonyl (C=O) groups is 1. The Morgan fingerprint density at radius 2 is 1.90 bits per heavy atom. The summed E-state index contributed by atoms with van der Waals surface area (Å²) in [5, 5.41) is 0. The van der Waals surface area contributed by atoms with Crippen LogP contribution in [0, 0.1) is 6.92 Å². The Bertz CT molecular complexity index is 617. The molecule has 0 spiro atoms. The first-order chi connectivity index (χ1) is 9.32. The van der Waals surface area contributed by atoms with Gasteiger partial charge in [0.1, 0.15) is 11.1 Å². The third kappa shape index (κ3) is 3.09. The molecular formula is C13H14F3NO3. The number of nitrogens with zero attached hydrogens (tertiary/aromatic N) is 1. The molecule has 7 heteroatoms. The van der Waals surface area contributed by atoms with Gasteiger partial charge in [-0.1, -0.05) is 13.8 Å². The van der Waals surface area contributed by atoms with E-state index < -0.39 is 17.7 Å². The normalized spacial score (nSPS) is 10.9. The SMILES string of the molecule is CC.COC(=O)c1cc(C(F)(F)F)c2oc(C)nc2c1. The monoisotopic (exact) mass is 289 g/mol. The van der Waals surface area contributed by atoms with Crippen LogP contribution in [0.1, 0.15) is 35.7 Å². The summed E-state index contributed by atoms with van der Waals surface area (Å²) in [5.41, 5.74) is -1.66. The Hall–Kier alpha value is -2.05. The van der Waals surface area contributed by atoms with Crippen LogP contribution in [0.3, 0.4) is 0 Å². The van der Waals surface area contributed by atoms with Crippen molar-refractivity contribution in [1.29, 1.82) is 0 Å². The van der Waals surface area contributed by atoms with Gasteiger partial charge in [-0.15, -0.1) is 0 Å². The molecule has 0 unspecified atom stereocenters. The summed E-state index contributed by atoms with van der Waals surface area (Å²) in [7, 11) is 1.09. The van der Waals surface area contributed by atoms with Gasteiger partial charge in [0, 0.05) is 6.92 Å². The summed E-state index contributed by atoms with van der Waals surface area (Å²) in [6, 6.07) is 1.89. The largest absolute Gasteiger partial charge is 0.465 e. The Labute approximate surface area is 113 Å². The number of aromatic nitrogens is 1. The predicted octanol–water partition coefficient (Wildman–Crippen LogP) is 3.97. The van der Waals surface area contributed by atoms with Crippen LogP contribution in [0.5, 0.6) is 0 Å². The molecule has 0 saturated carbocycles. The quantitative estimate of drug-likeness (QED) is 0.745. The number of halogens is 3. The van der Waals surface area contributed by atoms with Crippen LogP contribution in [0.25, 0.3) is 11.1 Å². The van der Waals surface area contributed by atoms with Crippen molar-refractivity contribution < 1.29 is 27.1 Å². The lowest BCUT2D eigenvalue weighted by atomic mass is 10.1. The fraction of sp³-hybridized carbons (Fsp3) is 0.385. The number of hydrogen-bond acceptors (Lipinski definition) is 4. The van der Waals surface area contributed by atoms with Gasteiger partial charge in [-0.2, -0.15) is 13.2 Å². The third-order valence-electron chi connectivity index (χ3n) is 2.32. The molecule has 0 saturated heterocycles. The molecule has 0 amide bonds. The van der Waals surface area contributed by atoms with Gasteiger partial charge < -0.3 is 9.15 Å². The molecule has 0 radical (unpaired) electrons. The summed E-state index contributed by atoms with van der Waals surface area (Å²) in [6.07, 6.45) is -4.63. The first-order valence-electron chi connectivity index (χ1n) is 5.89. The van der Waals surface area contributed by atoms with Crippen molar-refractivity contribution in [3.8, 4) is 0 Å². The molecule has 1 aromatic heterocycles. The number of rotatable bonds is 1. The van der Waals surface area contributed by atoms with E-state index >= 15 is 0 Å². The fourth-order valence-corrected chi connectivity index (χ4v) is 1.59. The molecule has 2 aromatic rings. The molecule has 0 fully saturated rings. The number of benzene rings is 1. The highest BCUT2D eigenvalue weighted by Gasteiger charge is 2.36. The molecule has 4 nitrogen and oxygen atoms in total. The molecule has 110 valence electrons. The molecule has 0 aliphatic rings. The smallest absolute Gasteiger partial charge is 0.420 e. The molecule has 1 heterocycles. The van der Waals surface area contributed by atoms with E-state index in [0.717, 1.165) is 7.11 Å². The van der Waals surface area contributed by atoms with Gasteiger partial charge in [0.05, 0.1) is 12.7 Å². The Morgan fingerprint density at radius 1 is 1.30 bits per heavy atom. The highest BCUT2D eigenvalue weighted by molar-refractivity contribution is 5.94.